The summed E-state index contributed by atoms with van der Waals surface area (Å²) in [7, 11) is 5.70. The monoisotopic (exact) mass is 317 g/mol. The number of alkyl halides is 3. The van der Waals surface area contributed by atoms with Crippen molar-refractivity contribution >= 4 is 30.3 Å². The predicted molar refractivity (Wildman–Crippen MR) is 81.6 cm³/mol. The number of hydrogen-bond donors (Lipinski definition) is 2. The Labute approximate surface area is 130 Å². The number of halogens is 3. The van der Waals surface area contributed by atoms with Crippen LogP contribution in [0, 0.1) is 0 Å². The number of fused-ring (bicyclic) bond motifs is 1. The number of nitrogens with two attached hydrogens (primary N) is 1. The quantitative estimate of drug-likeness (QED) is 0.570. The van der Waals surface area contributed by atoms with Crippen LogP contribution in [0.25, 0.3) is 5.52 Å². The molecule has 0 atom stereocenters. The van der Waals surface area contributed by atoms with Crippen LogP contribution in [0.5, 0.6) is 0 Å². The van der Waals surface area contributed by atoms with Crippen molar-refractivity contribution in [3.05, 3.63) is 47.9 Å². The Morgan fingerprint density at radius 1 is 1.22 bits per heavy atom. The zero-order valence-electron chi connectivity index (χ0n) is 11.8. The Morgan fingerprint density at radius 2 is 2.00 bits per heavy atom. The Bertz CT molecular complexity index is 859. The molecule has 0 aliphatic heterocycles. The number of anilines is 2. The molecule has 3 rings (SSSR count). The molecule has 0 amide bonds. The van der Waals surface area contributed by atoms with E-state index in [1.807, 2.05) is 0 Å². The Morgan fingerprint density at radius 3 is 2.74 bits per heavy atom. The van der Waals surface area contributed by atoms with Gasteiger partial charge in [0.05, 0.1) is 5.56 Å². The van der Waals surface area contributed by atoms with Crippen molar-refractivity contribution in [2.45, 2.75) is 12.7 Å². The lowest BCUT2D eigenvalue weighted by molar-refractivity contribution is -0.137. The molecule has 0 bridgehead atoms. The van der Waals surface area contributed by atoms with Crippen LogP contribution >= 0.6 is 0 Å². The van der Waals surface area contributed by atoms with Crippen LogP contribution in [0.3, 0.4) is 0 Å². The number of benzene rings is 1. The van der Waals surface area contributed by atoms with Crippen LogP contribution in [0.15, 0.2) is 36.8 Å². The molecule has 116 valence electrons. The first kappa shape index (κ1) is 15.2. The molecule has 2 radical (unpaired) electrons. The minimum Gasteiger partial charge on any atom is -0.399 e. The molecule has 2 heterocycles. The highest BCUT2D eigenvalue weighted by molar-refractivity contribution is 6.32. The largest absolute Gasteiger partial charge is 0.416 e. The average molecular weight is 317 g/mol. The standard InChI is InChI=1S/C14H11BF3N5/c15-10-4-12-13(21-7-22-23(12)6-10)20-5-8-1-9(14(16,17)18)3-11(19)2-8/h1-4,6-7H,5,19H2,(H,20,21,22). The normalized spacial score (nSPS) is 11.8. The van der Waals surface area contributed by atoms with Crippen molar-refractivity contribution in [3.8, 4) is 0 Å². The molecule has 23 heavy (non-hydrogen) atoms. The molecule has 0 spiro atoms. The van der Waals surface area contributed by atoms with Crippen molar-refractivity contribution in [2.24, 2.45) is 0 Å². The van der Waals surface area contributed by atoms with E-state index >= 15 is 0 Å². The molecule has 5 nitrogen and oxygen atoms in total. The first-order valence-electron chi connectivity index (χ1n) is 6.62. The maximum absolute atomic E-state index is 12.8. The summed E-state index contributed by atoms with van der Waals surface area (Å²) in [6, 6.07) is 5.10. The van der Waals surface area contributed by atoms with Crippen LogP contribution in [0.2, 0.25) is 0 Å². The van der Waals surface area contributed by atoms with E-state index in [4.69, 9.17) is 13.6 Å². The number of aromatic nitrogens is 3. The molecule has 0 fully saturated rings. The van der Waals surface area contributed by atoms with E-state index in [0.29, 0.717) is 22.4 Å². The topological polar surface area (TPSA) is 68.2 Å². The van der Waals surface area contributed by atoms with Gasteiger partial charge in [0, 0.05) is 18.4 Å². The van der Waals surface area contributed by atoms with E-state index in [0.717, 1.165) is 12.1 Å². The third-order valence-electron chi connectivity index (χ3n) is 3.23. The maximum Gasteiger partial charge on any atom is 0.416 e. The fourth-order valence-electron chi connectivity index (χ4n) is 2.26. The van der Waals surface area contributed by atoms with Gasteiger partial charge in [0.25, 0.3) is 0 Å². The van der Waals surface area contributed by atoms with Crippen LogP contribution in [-0.2, 0) is 12.7 Å². The predicted octanol–water partition coefficient (Wildman–Crippen LogP) is 1.74. The zero-order valence-corrected chi connectivity index (χ0v) is 11.8. The minimum absolute atomic E-state index is 0.0522. The van der Waals surface area contributed by atoms with Gasteiger partial charge in [-0.2, -0.15) is 18.3 Å². The van der Waals surface area contributed by atoms with Gasteiger partial charge < -0.3 is 11.1 Å². The van der Waals surface area contributed by atoms with E-state index in [1.165, 1.54) is 16.9 Å². The number of nitrogens with one attached hydrogen (secondary N) is 1. The second kappa shape index (κ2) is 5.49. The van der Waals surface area contributed by atoms with Gasteiger partial charge >= 0.3 is 6.18 Å². The maximum atomic E-state index is 12.8. The first-order chi connectivity index (χ1) is 10.8. The fraction of sp³-hybridized carbons (Fsp3) is 0.143. The lowest BCUT2D eigenvalue weighted by Crippen LogP contribution is -2.09. The van der Waals surface area contributed by atoms with E-state index < -0.39 is 11.7 Å². The third-order valence-corrected chi connectivity index (χ3v) is 3.23. The molecule has 0 saturated heterocycles. The summed E-state index contributed by atoms with van der Waals surface area (Å²) < 4.78 is 40.0. The summed E-state index contributed by atoms with van der Waals surface area (Å²) in [4.78, 5) is 4.08. The number of nitrogen functional groups attached to an aromatic ring is 1. The van der Waals surface area contributed by atoms with E-state index in [2.05, 4.69) is 15.4 Å². The molecule has 0 aliphatic carbocycles. The summed E-state index contributed by atoms with van der Waals surface area (Å²) >= 11 is 0. The van der Waals surface area contributed by atoms with E-state index in [9.17, 15) is 13.2 Å². The highest BCUT2D eigenvalue weighted by Gasteiger charge is 2.31. The smallest absolute Gasteiger partial charge is 0.399 e. The van der Waals surface area contributed by atoms with Gasteiger partial charge in [0.2, 0.25) is 0 Å². The molecule has 1 aromatic carbocycles. The SMILES string of the molecule is [B]c1cc2c(NCc3cc(N)cc(C(F)(F)F)c3)ncnn2c1. The average Bonchev–Trinajstić information content (AvgIpc) is 2.84. The Balaban J connectivity index is 1.86. The number of hydrogen-bond acceptors (Lipinski definition) is 4. The Kier molecular flexibility index (Phi) is 3.63. The van der Waals surface area contributed by atoms with Gasteiger partial charge in [-0.1, -0.05) is 5.46 Å². The van der Waals surface area contributed by atoms with Crippen molar-refractivity contribution in [2.75, 3.05) is 11.1 Å². The molecule has 9 heteroatoms. The first-order valence-corrected chi connectivity index (χ1v) is 6.62. The molecule has 3 aromatic rings. The van der Waals surface area contributed by atoms with E-state index in [-0.39, 0.29) is 12.2 Å². The highest BCUT2D eigenvalue weighted by atomic mass is 19.4. The number of nitrogens with zero attached hydrogens (tertiary/aromatic N) is 3. The van der Waals surface area contributed by atoms with Gasteiger partial charge in [-0.05, 0) is 29.8 Å². The molecule has 0 aliphatic rings. The summed E-state index contributed by atoms with van der Waals surface area (Å²) in [5, 5.41) is 6.97. The van der Waals surface area contributed by atoms with Gasteiger partial charge in [-0.3, -0.25) is 0 Å². The second-order valence-corrected chi connectivity index (χ2v) is 5.03. The summed E-state index contributed by atoms with van der Waals surface area (Å²) in [5.41, 5.74) is 6.35. The molecule has 2 aromatic heterocycles. The van der Waals surface area contributed by atoms with E-state index in [1.54, 1.807) is 12.3 Å². The van der Waals surface area contributed by atoms with Crippen molar-refractivity contribution in [1.29, 1.82) is 0 Å². The third kappa shape index (κ3) is 3.23. The molecule has 0 unspecified atom stereocenters. The molecular weight excluding hydrogens is 306 g/mol. The highest BCUT2D eigenvalue weighted by Crippen LogP contribution is 2.31. The van der Waals surface area contributed by atoms with Crippen LogP contribution in [-0.4, -0.2) is 22.4 Å². The second-order valence-electron chi connectivity index (χ2n) is 5.03. The number of rotatable bonds is 3. The van der Waals surface area contributed by atoms with Crippen LogP contribution < -0.4 is 16.5 Å². The fourth-order valence-corrected chi connectivity index (χ4v) is 2.26. The minimum atomic E-state index is -4.44. The van der Waals surface area contributed by atoms with Crippen molar-refractivity contribution < 1.29 is 13.2 Å². The van der Waals surface area contributed by atoms with Gasteiger partial charge in [-0.25, -0.2) is 9.50 Å². The lowest BCUT2D eigenvalue weighted by atomic mass is 10.0. The van der Waals surface area contributed by atoms with Crippen molar-refractivity contribution in [1.82, 2.24) is 14.6 Å². The van der Waals surface area contributed by atoms with Crippen LogP contribution in [0.4, 0.5) is 24.7 Å². The van der Waals surface area contributed by atoms with Gasteiger partial charge in [0.15, 0.2) is 5.82 Å². The molecular formula is C14H11BF3N5. The summed E-state index contributed by atoms with van der Waals surface area (Å²) in [6.45, 7) is 0.131. The van der Waals surface area contributed by atoms with Crippen LogP contribution in [0.1, 0.15) is 11.1 Å². The molecule has 3 N–H and O–H groups in total. The molecule has 0 saturated carbocycles. The Hall–Kier alpha value is -2.71. The van der Waals surface area contributed by atoms with Gasteiger partial charge in [0.1, 0.15) is 19.7 Å². The summed E-state index contributed by atoms with van der Waals surface area (Å²) in [6.07, 6.45) is -1.50. The van der Waals surface area contributed by atoms with Crippen molar-refractivity contribution in [3.63, 3.8) is 0 Å². The summed E-state index contributed by atoms with van der Waals surface area (Å²) in [5.74, 6) is 0.465. The zero-order chi connectivity index (χ0) is 16.6. The van der Waals surface area contributed by atoms with Gasteiger partial charge in [-0.15, -0.1) is 0 Å². The lowest BCUT2D eigenvalue weighted by Gasteiger charge is -2.12.